The first-order chi connectivity index (χ1) is 11.7. The van der Waals surface area contributed by atoms with E-state index in [1.165, 1.54) is 0 Å². The first kappa shape index (κ1) is 15.8. The molecule has 0 amide bonds. The van der Waals surface area contributed by atoms with E-state index < -0.39 is 35.3 Å². The van der Waals surface area contributed by atoms with Gasteiger partial charge in [0.1, 0.15) is 17.1 Å². The summed E-state index contributed by atoms with van der Waals surface area (Å²) in [5.41, 5.74) is -2.11. The van der Waals surface area contributed by atoms with Crippen molar-refractivity contribution in [1.29, 1.82) is 0 Å². The van der Waals surface area contributed by atoms with E-state index in [4.69, 9.17) is 9.47 Å². The molecule has 9 atom stereocenters. The summed E-state index contributed by atoms with van der Waals surface area (Å²) in [4.78, 5) is 26.1. The first-order valence-electron chi connectivity index (χ1n) is 9.31. The van der Waals surface area contributed by atoms with Crippen LogP contribution in [-0.2, 0) is 19.1 Å². The Morgan fingerprint density at radius 2 is 1.84 bits per heavy atom. The van der Waals surface area contributed by atoms with Crippen molar-refractivity contribution in [2.45, 2.75) is 63.4 Å². The molecule has 3 saturated heterocycles. The number of carbonyl (C=O) groups excluding carboxylic acids is 2. The third-order valence-electron chi connectivity index (χ3n) is 7.57. The number of Topliss-reactive ketones (excluding diaryl/α,β-unsaturated/α-hetero) is 1. The second-order valence-electron chi connectivity index (χ2n) is 8.86. The molecule has 6 rings (SSSR count). The molecule has 3 heterocycles. The predicted octanol–water partition coefficient (Wildman–Crippen LogP) is 1.51. The Balaban J connectivity index is 1.82. The lowest BCUT2D eigenvalue weighted by Crippen LogP contribution is -2.72. The monoisotopic (exact) mass is 348 g/mol. The van der Waals surface area contributed by atoms with E-state index in [9.17, 15) is 19.8 Å². The largest absolute Gasteiger partial charge is 0.511 e. The summed E-state index contributed by atoms with van der Waals surface area (Å²) in [6.07, 6.45) is 0.318. The molecule has 6 nitrogen and oxygen atoms in total. The van der Waals surface area contributed by atoms with Crippen molar-refractivity contribution in [3.63, 3.8) is 0 Å². The van der Waals surface area contributed by atoms with E-state index in [0.29, 0.717) is 19.3 Å². The van der Waals surface area contributed by atoms with Crippen LogP contribution in [0.1, 0.15) is 40.0 Å². The molecule has 3 aliphatic heterocycles. The maximum Gasteiger partial charge on any atom is 0.341 e. The van der Waals surface area contributed by atoms with Crippen LogP contribution in [-0.4, -0.2) is 45.4 Å². The van der Waals surface area contributed by atoms with Gasteiger partial charge in [0.25, 0.3) is 0 Å². The van der Waals surface area contributed by atoms with E-state index in [-0.39, 0.29) is 40.8 Å². The second-order valence-corrected chi connectivity index (χ2v) is 8.86. The number of hydrogen-bond donors (Lipinski definition) is 2. The van der Waals surface area contributed by atoms with Crippen LogP contribution < -0.4 is 0 Å². The van der Waals surface area contributed by atoms with Crippen LogP contribution in [0, 0.1) is 29.6 Å². The highest BCUT2D eigenvalue weighted by Crippen LogP contribution is 2.70. The van der Waals surface area contributed by atoms with Gasteiger partial charge in [0.05, 0.1) is 18.1 Å². The molecule has 136 valence electrons. The number of hydrogen-bond acceptors (Lipinski definition) is 6. The number of carbonyl (C=O) groups is 2. The van der Waals surface area contributed by atoms with E-state index in [2.05, 4.69) is 0 Å². The zero-order chi connectivity index (χ0) is 17.9. The second kappa shape index (κ2) is 4.46. The maximum absolute atomic E-state index is 13.2. The van der Waals surface area contributed by atoms with Crippen molar-refractivity contribution in [2.75, 3.05) is 0 Å². The average molecular weight is 348 g/mol. The summed E-state index contributed by atoms with van der Waals surface area (Å²) in [5.74, 6) is -1.89. The summed E-state index contributed by atoms with van der Waals surface area (Å²) < 4.78 is 12.3. The SMILES string of the molecule is C[C@@H]1C[C@H](C)C(=O)[C@H]2C[C@@H]3[C@H](O)C4O[C@]25/C(=C\1O)C(=O)O[C@]35C[C@H]4C. The molecule has 3 aliphatic carbocycles. The molecule has 1 unspecified atom stereocenters. The highest BCUT2D eigenvalue weighted by atomic mass is 16.6. The van der Waals surface area contributed by atoms with Gasteiger partial charge in [0, 0.05) is 17.8 Å². The molecule has 6 heteroatoms. The molecule has 0 radical (unpaired) electrons. The van der Waals surface area contributed by atoms with Crippen molar-refractivity contribution in [1.82, 2.24) is 0 Å². The maximum atomic E-state index is 13.2. The van der Waals surface area contributed by atoms with Gasteiger partial charge in [-0.3, -0.25) is 4.79 Å². The van der Waals surface area contributed by atoms with Crippen LogP contribution in [0.25, 0.3) is 0 Å². The first-order valence-corrected chi connectivity index (χ1v) is 9.31. The smallest absolute Gasteiger partial charge is 0.341 e. The van der Waals surface area contributed by atoms with E-state index in [0.717, 1.165) is 0 Å². The number of ketones is 1. The Morgan fingerprint density at radius 3 is 2.56 bits per heavy atom. The number of ether oxygens (including phenoxy) is 2. The van der Waals surface area contributed by atoms with Crippen LogP contribution in [0.2, 0.25) is 0 Å². The van der Waals surface area contributed by atoms with Gasteiger partial charge in [-0.15, -0.1) is 0 Å². The van der Waals surface area contributed by atoms with Gasteiger partial charge in [-0.05, 0) is 25.2 Å². The molecule has 2 spiro atoms. The van der Waals surface area contributed by atoms with Crippen LogP contribution >= 0.6 is 0 Å². The van der Waals surface area contributed by atoms with Crippen LogP contribution in [0.4, 0.5) is 0 Å². The molecule has 5 fully saturated rings. The predicted molar refractivity (Wildman–Crippen MR) is 85.4 cm³/mol. The number of esters is 1. The van der Waals surface area contributed by atoms with Crippen molar-refractivity contribution < 1.29 is 29.3 Å². The summed E-state index contributed by atoms with van der Waals surface area (Å²) >= 11 is 0. The molecule has 6 aliphatic rings. The Morgan fingerprint density at radius 1 is 1.12 bits per heavy atom. The zero-order valence-corrected chi connectivity index (χ0v) is 14.7. The fourth-order valence-electron chi connectivity index (χ4n) is 6.61. The molecule has 25 heavy (non-hydrogen) atoms. The van der Waals surface area contributed by atoms with Crippen molar-refractivity contribution >= 4 is 11.8 Å². The minimum absolute atomic E-state index is 0.00145. The minimum Gasteiger partial charge on any atom is -0.511 e. The Hall–Kier alpha value is -1.40. The minimum atomic E-state index is -1.23. The average Bonchev–Trinajstić information content (AvgIpc) is 2.90. The fraction of sp³-hybridized carbons (Fsp3) is 0.789. The normalized spacial score (nSPS) is 59.4. The zero-order valence-electron chi connectivity index (χ0n) is 14.7. The van der Waals surface area contributed by atoms with Crippen LogP contribution in [0.15, 0.2) is 11.3 Å². The van der Waals surface area contributed by atoms with Crippen molar-refractivity contribution in [3.8, 4) is 0 Å². The third kappa shape index (κ3) is 1.48. The van der Waals surface area contributed by atoms with Gasteiger partial charge in [0.2, 0.25) is 0 Å². The Kier molecular flexibility index (Phi) is 2.83. The molecule has 4 bridgehead atoms. The number of rotatable bonds is 0. The standard InChI is InChI=1S/C19H24O6/c1-7-4-8(2)14(21)12-17(23)25-18-6-9(3)16-15(22)10(18)5-11(13(7)20)19(12,18)24-16/h7-11,15-16,21-22H,4-6H2,1-3H3/b14-12+/t7-,8+,9+,10+,11+,15-,16?,18+,19-/m0/s1. The summed E-state index contributed by atoms with van der Waals surface area (Å²) in [6, 6.07) is 0. The lowest BCUT2D eigenvalue weighted by Gasteiger charge is -2.58. The summed E-state index contributed by atoms with van der Waals surface area (Å²) in [5, 5.41) is 21.7. The topological polar surface area (TPSA) is 93.1 Å². The molecule has 0 aromatic carbocycles. The van der Waals surface area contributed by atoms with Crippen LogP contribution in [0.5, 0.6) is 0 Å². The van der Waals surface area contributed by atoms with Gasteiger partial charge in [-0.25, -0.2) is 4.79 Å². The molecular weight excluding hydrogens is 324 g/mol. The van der Waals surface area contributed by atoms with Gasteiger partial charge >= 0.3 is 5.97 Å². The fourth-order valence-corrected chi connectivity index (χ4v) is 6.61. The number of fused-ring (bicyclic) bond motifs is 1. The van der Waals surface area contributed by atoms with Crippen LogP contribution in [0.3, 0.4) is 0 Å². The number of aliphatic hydroxyl groups excluding tert-OH is 2. The lowest BCUT2D eigenvalue weighted by molar-refractivity contribution is -0.300. The van der Waals surface area contributed by atoms with E-state index >= 15 is 0 Å². The molecule has 0 aromatic rings. The highest BCUT2D eigenvalue weighted by molar-refractivity contribution is 5.99. The van der Waals surface area contributed by atoms with E-state index in [1.54, 1.807) is 0 Å². The molecular formula is C19H24O6. The van der Waals surface area contributed by atoms with Gasteiger partial charge in [-0.2, -0.15) is 0 Å². The Bertz CT molecular complexity index is 727. The third-order valence-corrected chi connectivity index (χ3v) is 7.57. The van der Waals surface area contributed by atoms with Gasteiger partial charge in [-0.1, -0.05) is 20.8 Å². The number of aliphatic hydroxyl groups is 2. The summed E-state index contributed by atoms with van der Waals surface area (Å²) in [7, 11) is 0. The molecule has 2 N–H and O–H groups in total. The van der Waals surface area contributed by atoms with Gasteiger partial charge in [0.15, 0.2) is 11.2 Å². The lowest BCUT2D eigenvalue weighted by atomic mass is 9.59. The summed E-state index contributed by atoms with van der Waals surface area (Å²) in [6.45, 7) is 5.68. The highest BCUT2D eigenvalue weighted by Gasteiger charge is 2.84. The van der Waals surface area contributed by atoms with Gasteiger partial charge < -0.3 is 19.7 Å². The molecule has 2 saturated carbocycles. The van der Waals surface area contributed by atoms with Crippen molar-refractivity contribution in [3.05, 3.63) is 11.3 Å². The Labute approximate surface area is 146 Å². The quantitative estimate of drug-likeness (QED) is 0.645. The number of allylic oxidation sites excluding steroid dienone is 1. The van der Waals surface area contributed by atoms with Crippen molar-refractivity contribution in [2.24, 2.45) is 29.6 Å². The molecule has 0 aromatic heterocycles. The van der Waals surface area contributed by atoms with E-state index in [1.807, 2.05) is 20.8 Å².